The molecule has 1 aromatic carbocycles. The maximum Gasteiger partial charge on any atom is 0.0518 e. The van der Waals surface area contributed by atoms with Gasteiger partial charge in [-0.2, -0.15) is 0 Å². The van der Waals surface area contributed by atoms with Crippen LogP contribution in [0.3, 0.4) is 0 Å². The third-order valence-corrected chi connectivity index (χ3v) is 1.27. The smallest absolute Gasteiger partial charge is 0.0518 e. The number of benzene rings is 1. The first-order valence-electron chi connectivity index (χ1n) is 3.55. The van der Waals surface area contributed by atoms with Gasteiger partial charge >= 0.3 is 0 Å². The van der Waals surface area contributed by atoms with Crippen molar-refractivity contribution in [3.63, 3.8) is 0 Å². The van der Waals surface area contributed by atoms with Gasteiger partial charge in [0.1, 0.15) is 0 Å². The predicted octanol–water partition coefficient (Wildman–Crippen LogP) is 1.81. The quantitative estimate of drug-likeness (QED) is 0.664. The zero-order valence-corrected chi connectivity index (χ0v) is 6.17. The molecule has 0 heterocycles. The third-order valence-electron chi connectivity index (χ3n) is 1.27. The predicted molar refractivity (Wildman–Crippen MR) is 43.5 cm³/mol. The van der Waals surface area contributed by atoms with Gasteiger partial charge in [0, 0.05) is 0 Å². The Bertz CT molecular complexity index is 169. The molecular weight excluding hydrogens is 122 g/mol. The van der Waals surface area contributed by atoms with E-state index < -0.39 is 0 Å². The van der Waals surface area contributed by atoms with Gasteiger partial charge in [-0.1, -0.05) is 37.3 Å². The lowest BCUT2D eigenvalue weighted by Gasteiger charge is -1.98. The molecule has 53 valence electrons. The second kappa shape index (κ2) is 4.07. The van der Waals surface area contributed by atoms with Crippen LogP contribution < -0.4 is 5.32 Å². The average molecular weight is 134 g/mol. The van der Waals surface area contributed by atoms with Gasteiger partial charge in [-0.25, -0.2) is 0 Å². The van der Waals surface area contributed by atoms with Crippen LogP contribution in [0.5, 0.6) is 0 Å². The number of nitrogens with one attached hydrogen (secondary N) is 1. The molecule has 0 spiro atoms. The van der Waals surface area contributed by atoms with Crippen LogP contribution in [0.2, 0.25) is 0 Å². The topological polar surface area (TPSA) is 12.0 Å². The van der Waals surface area contributed by atoms with E-state index in [1.807, 2.05) is 24.7 Å². The molecule has 0 aliphatic rings. The second-order valence-corrected chi connectivity index (χ2v) is 2.11. The Hall–Kier alpha value is -0.820. The van der Waals surface area contributed by atoms with E-state index in [4.69, 9.17) is 0 Å². The molecule has 1 nitrogen and oxygen atoms in total. The van der Waals surface area contributed by atoms with Crippen LogP contribution in [0.15, 0.2) is 30.3 Å². The Morgan fingerprint density at radius 2 is 2.00 bits per heavy atom. The van der Waals surface area contributed by atoms with Crippen molar-refractivity contribution in [2.75, 3.05) is 6.54 Å². The van der Waals surface area contributed by atoms with E-state index in [0.717, 1.165) is 6.54 Å². The summed E-state index contributed by atoms with van der Waals surface area (Å²) >= 11 is 0. The van der Waals surface area contributed by atoms with Crippen molar-refractivity contribution in [3.8, 4) is 0 Å². The normalized spacial score (nSPS) is 9.70. The van der Waals surface area contributed by atoms with Crippen molar-refractivity contribution in [3.05, 3.63) is 42.4 Å². The van der Waals surface area contributed by atoms with Crippen molar-refractivity contribution in [1.29, 1.82) is 0 Å². The Balaban J connectivity index is 2.43. The summed E-state index contributed by atoms with van der Waals surface area (Å²) in [6.45, 7) is 5.08. The van der Waals surface area contributed by atoms with Gasteiger partial charge in [-0.05, 0) is 12.1 Å². The van der Waals surface area contributed by atoms with E-state index >= 15 is 0 Å². The largest absolute Gasteiger partial charge is 0.309 e. The van der Waals surface area contributed by atoms with E-state index in [2.05, 4.69) is 24.4 Å². The average Bonchev–Trinajstić information content (AvgIpc) is 2.03. The number of hydrogen-bond acceptors (Lipinski definition) is 1. The standard InChI is InChI=1S/C9H12N/c1-2-10-8-9-6-4-3-5-7-9/h3-8,10H,2H2,1H3. The number of hydrogen-bond donors (Lipinski definition) is 1. The highest BCUT2D eigenvalue weighted by atomic mass is 14.8. The minimum atomic E-state index is 0.981. The molecule has 10 heavy (non-hydrogen) atoms. The van der Waals surface area contributed by atoms with Gasteiger partial charge in [-0.15, -0.1) is 0 Å². The lowest BCUT2D eigenvalue weighted by Crippen LogP contribution is -2.08. The highest BCUT2D eigenvalue weighted by Gasteiger charge is 1.86. The fourth-order valence-electron chi connectivity index (χ4n) is 0.769. The van der Waals surface area contributed by atoms with Crippen LogP contribution in [0.25, 0.3) is 0 Å². The zero-order valence-electron chi connectivity index (χ0n) is 6.17. The molecule has 1 aromatic rings. The summed E-state index contributed by atoms with van der Waals surface area (Å²) in [5.74, 6) is 0. The molecule has 0 saturated carbocycles. The number of rotatable bonds is 3. The molecule has 0 amide bonds. The van der Waals surface area contributed by atoms with Crippen molar-refractivity contribution in [2.45, 2.75) is 6.92 Å². The molecule has 0 aliphatic heterocycles. The van der Waals surface area contributed by atoms with Crippen LogP contribution in [-0.4, -0.2) is 6.54 Å². The van der Waals surface area contributed by atoms with E-state index in [9.17, 15) is 0 Å². The lowest BCUT2D eigenvalue weighted by atomic mass is 10.2. The van der Waals surface area contributed by atoms with Gasteiger partial charge in [0.2, 0.25) is 0 Å². The monoisotopic (exact) mass is 134 g/mol. The van der Waals surface area contributed by atoms with Gasteiger partial charge < -0.3 is 5.32 Å². The lowest BCUT2D eigenvalue weighted by molar-refractivity contribution is 0.863. The molecule has 1 rings (SSSR count). The molecule has 0 atom stereocenters. The van der Waals surface area contributed by atoms with Crippen LogP contribution in [0, 0.1) is 6.54 Å². The Kier molecular flexibility index (Phi) is 2.97. The second-order valence-electron chi connectivity index (χ2n) is 2.11. The van der Waals surface area contributed by atoms with Gasteiger partial charge in [0.15, 0.2) is 0 Å². The molecule has 1 N–H and O–H groups in total. The molecule has 1 heteroatoms. The third kappa shape index (κ3) is 2.19. The van der Waals surface area contributed by atoms with Crippen molar-refractivity contribution >= 4 is 0 Å². The molecule has 0 aromatic heterocycles. The highest BCUT2D eigenvalue weighted by Crippen LogP contribution is 1.97. The van der Waals surface area contributed by atoms with Gasteiger partial charge in [0.05, 0.1) is 6.54 Å². The van der Waals surface area contributed by atoms with Crippen LogP contribution >= 0.6 is 0 Å². The molecular formula is C9H12N. The highest BCUT2D eigenvalue weighted by molar-refractivity contribution is 5.21. The summed E-state index contributed by atoms with van der Waals surface area (Å²) in [5, 5.41) is 3.14. The Morgan fingerprint density at radius 1 is 1.30 bits per heavy atom. The van der Waals surface area contributed by atoms with Crippen LogP contribution in [-0.2, 0) is 0 Å². The molecule has 0 fully saturated rings. The minimum Gasteiger partial charge on any atom is -0.309 e. The van der Waals surface area contributed by atoms with Gasteiger partial charge in [-0.3, -0.25) is 0 Å². The first-order valence-corrected chi connectivity index (χ1v) is 3.55. The SMILES string of the molecule is CCN[CH]c1ccccc1. The van der Waals surface area contributed by atoms with E-state index in [1.165, 1.54) is 5.56 Å². The summed E-state index contributed by atoms with van der Waals surface area (Å²) in [5.41, 5.74) is 1.23. The zero-order chi connectivity index (χ0) is 7.23. The molecule has 0 aliphatic carbocycles. The summed E-state index contributed by atoms with van der Waals surface area (Å²) in [7, 11) is 0. The van der Waals surface area contributed by atoms with Gasteiger partial charge in [0.25, 0.3) is 0 Å². The molecule has 0 saturated heterocycles. The Morgan fingerprint density at radius 3 is 2.60 bits per heavy atom. The van der Waals surface area contributed by atoms with E-state index in [0.29, 0.717) is 0 Å². The first-order chi connectivity index (χ1) is 4.93. The van der Waals surface area contributed by atoms with Crippen molar-refractivity contribution in [2.24, 2.45) is 0 Å². The summed E-state index contributed by atoms with van der Waals surface area (Å²) < 4.78 is 0. The van der Waals surface area contributed by atoms with E-state index in [1.54, 1.807) is 0 Å². The van der Waals surface area contributed by atoms with Crippen molar-refractivity contribution in [1.82, 2.24) is 5.32 Å². The van der Waals surface area contributed by atoms with Crippen LogP contribution in [0.1, 0.15) is 12.5 Å². The summed E-state index contributed by atoms with van der Waals surface area (Å²) in [6, 6.07) is 10.2. The molecule has 0 bridgehead atoms. The van der Waals surface area contributed by atoms with Crippen LogP contribution in [0.4, 0.5) is 0 Å². The maximum atomic E-state index is 3.14. The summed E-state index contributed by atoms with van der Waals surface area (Å²) in [4.78, 5) is 0. The minimum absolute atomic E-state index is 0.981. The fourth-order valence-corrected chi connectivity index (χ4v) is 0.769. The molecule has 0 unspecified atom stereocenters. The Labute approximate surface area is 62.1 Å². The summed E-state index contributed by atoms with van der Waals surface area (Å²) in [6.07, 6.45) is 0. The maximum absolute atomic E-state index is 3.14. The first kappa shape index (κ1) is 7.29. The van der Waals surface area contributed by atoms with Crippen molar-refractivity contribution < 1.29 is 0 Å². The van der Waals surface area contributed by atoms with E-state index in [-0.39, 0.29) is 0 Å². The fraction of sp³-hybridized carbons (Fsp3) is 0.222. The molecule has 1 radical (unpaired) electrons.